The molecule has 18 heavy (non-hydrogen) atoms. The second-order valence-electron chi connectivity index (χ2n) is 4.64. The number of carbonyl (C=O) groups excluding carboxylic acids is 1. The number of carbonyl (C=O) groups is 1. The average molecular weight is 251 g/mol. The van der Waals surface area contributed by atoms with Gasteiger partial charge in [0, 0.05) is 13.1 Å². The highest BCUT2D eigenvalue weighted by Crippen LogP contribution is 2.18. The van der Waals surface area contributed by atoms with Crippen molar-refractivity contribution in [3.63, 3.8) is 0 Å². The van der Waals surface area contributed by atoms with E-state index in [4.69, 9.17) is 4.74 Å². The van der Waals surface area contributed by atoms with Crippen LogP contribution in [0.1, 0.15) is 24.8 Å². The van der Waals surface area contributed by atoms with E-state index in [9.17, 15) is 9.18 Å². The standard InChI is InChI=1S/C14H18FNO2/c1-11-9-12(15)5-6-13(11)18-10-14(17)16-7-3-2-4-8-16/h5-6,9H,2-4,7-8,10H2,1H3. The molecule has 2 rings (SSSR count). The first-order chi connectivity index (χ1) is 8.66. The Hall–Kier alpha value is -1.58. The second-order valence-corrected chi connectivity index (χ2v) is 4.64. The normalized spacial score (nSPS) is 15.6. The van der Waals surface area contributed by atoms with Gasteiger partial charge in [-0.15, -0.1) is 0 Å². The van der Waals surface area contributed by atoms with E-state index in [0.29, 0.717) is 11.3 Å². The third kappa shape index (κ3) is 3.22. The minimum Gasteiger partial charge on any atom is -0.483 e. The SMILES string of the molecule is Cc1cc(F)ccc1OCC(=O)N1CCCCC1. The first-order valence-electron chi connectivity index (χ1n) is 6.33. The average Bonchev–Trinajstić information content (AvgIpc) is 2.38. The highest BCUT2D eigenvalue weighted by atomic mass is 19.1. The van der Waals surface area contributed by atoms with Crippen molar-refractivity contribution in [2.24, 2.45) is 0 Å². The molecule has 0 unspecified atom stereocenters. The van der Waals surface area contributed by atoms with Gasteiger partial charge in [0.25, 0.3) is 5.91 Å². The number of hydrogen-bond acceptors (Lipinski definition) is 2. The molecule has 98 valence electrons. The molecule has 1 aliphatic heterocycles. The van der Waals surface area contributed by atoms with Crippen LogP contribution < -0.4 is 4.74 Å². The van der Waals surface area contributed by atoms with Crippen LogP contribution in [-0.2, 0) is 4.79 Å². The van der Waals surface area contributed by atoms with E-state index >= 15 is 0 Å². The number of rotatable bonds is 3. The summed E-state index contributed by atoms with van der Waals surface area (Å²) in [5, 5.41) is 0. The van der Waals surface area contributed by atoms with E-state index in [1.54, 1.807) is 13.0 Å². The molecule has 1 aromatic carbocycles. The van der Waals surface area contributed by atoms with Crippen molar-refractivity contribution in [2.75, 3.05) is 19.7 Å². The number of halogens is 1. The van der Waals surface area contributed by atoms with Crippen LogP contribution in [0.25, 0.3) is 0 Å². The predicted molar refractivity (Wildman–Crippen MR) is 67.1 cm³/mol. The van der Waals surface area contributed by atoms with Crippen molar-refractivity contribution in [3.8, 4) is 5.75 Å². The number of nitrogens with zero attached hydrogens (tertiary/aromatic N) is 1. The molecule has 0 bridgehead atoms. The summed E-state index contributed by atoms with van der Waals surface area (Å²) in [6.07, 6.45) is 3.34. The van der Waals surface area contributed by atoms with Crippen molar-refractivity contribution >= 4 is 5.91 Å². The van der Waals surface area contributed by atoms with Crippen LogP contribution in [-0.4, -0.2) is 30.5 Å². The maximum Gasteiger partial charge on any atom is 0.260 e. The maximum atomic E-state index is 12.9. The predicted octanol–water partition coefficient (Wildman–Crippen LogP) is 2.53. The highest BCUT2D eigenvalue weighted by Gasteiger charge is 2.17. The van der Waals surface area contributed by atoms with Crippen molar-refractivity contribution in [2.45, 2.75) is 26.2 Å². The van der Waals surface area contributed by atoms with Gasteiger partial charge in [0.05, 0.1) is 0 Å². The summed E-state index contributed by atoms with van der Waals surface area (Å²) in [6.45, 7) is 3.45. The number of amides is 1. The Bertz CT molecular complexity index is 428. The van der Waals surface area contributed by atoms with Gasteiger partial charge >= 0.3 is 0 Å². The van der Waals surface area contributed by atoms with Crippen LogP contribution in [0.3, 0.4) is 0 Å². The molecule has 0 radical (unpaired) electrons. The summed E-state index contributed by atoms with van der Waals surface area (Å²) in [5.74, 6) is 0.294. The van der Waals surface area contributed by atoms with E-state index in [0.717, 1.165) is 25.9 Å². The number of piperidine rings is 1. The molecule has 3 nitrogen and oxygen atoms in total. The van der Waals surface area contributed by atoms with Crippen molar-refractivity contribution in [3.05, 3.63) is 29.6 Å². The van der Waals surface area contributed by atoms with Crippen LogP contribution in [0, 0.1) is 12.7 Å². The Morgan fingerprint density at radius 2 is 2.06 bits per heavy atom. The Morgan fingerprint density at radius 3 is 2.72 bits per heavy atom. The van der Waals surface area contributed by atoms with Crippen molar-refractivity contribution < 1.29 is 13.9 Å². The van der Waals surface area contributed by atoms with E-state index in [-0.39, 0.29) is 18.3 Å². The van der Waals surface area contributed by atoms with E-state index in [1.807, 2.05) is 4.90 Å². The highest BCUT2D eigenvalue weighted by molar-refractivity contribution is 5.77. The minimum absolute atomic E-state index is 0.0124. The van der Waals surface area contributed by atoms with Crippen LogP contribution in [0.5, 0.6) is 5.75 Å². The van der Waals surface area contributed by atoms with Crippen molar-refractivity contribution in [1.82, 2.24) is 4.90 Å². The molecule has 1 aromatic rings. The molecule has 0 saturated carbocycles. The second kappa shape index (κ2) is 5.85. The van der Waals surface area contributed by atoms with E-state index in [1.165, 1.54) is 18.6 Å². The third-order valence-corrected chi connectivity index (χ3v) is 3.20. The number of aryl methyl sites for hydroxylation is 1. The van der Waals surface area contributed by atoms with Gasteiger partial charge in [0.1, 0.15) is 11.6 Å². The molecule has 0 atom stereocenters. The zero-order valence-electron chi connectivity index (χ0n) is 10.6. The summed E-state index contributed by atoms with van der Waals surface area (Å²) in [4.78, 5) is 13.7. The van der Waals surface area contributed by atoms with Crippen molar-refractivity contribution in [1.29, 1.82) is 0 Å². The fraction of sp³-hybridized carbons (Fsp3) is 0.500. The first-order valence-corrected chi connectivity index (χ1v) is 6.33. The van der Waals surface area contributed by atoms with E-state index < -0.39 is 0 Å². The van der Waals surface area contributed by atoms with Gasteiger partial charge in [-0.25, -0.2) is 4.39 Å². The van der Waals surface area contributed by atoms with Crippen LogP contribution in [0.2, 0.25) is 0 Å². The molecule has 1 aliphatic rings. The molecule has 1 heterocycles. The molecule has 1 saturated heterocycles. The number of likely N-dealkylation sites (tertiary alicyclic amines) is 1. The number of hydrogen-bond donors (Lipinski definition) is 0. The fourth-order valence-electron chi connectivity index (χ4n) is 2.15. The monoisotopic (exact) mass is 251 g/mol. The largest absolute Gasteiger partial charge is 0.483 e. The van der Waals surface area contributed by atoms with E-state index in [2.05, 4.69) is 0 Å². The topological polar surface area (TPSA) is 29.5 Å². The summed E-state index contributed by atoms with van der Waals surface area (Å²) in [5.41, 5.74) is 0.710. The minimum atomic E-state index is -0.290. The summed E-state index contributed by atoms with van der Waals surface area (Å²) >= 11 is 0. The molecule has 0 aliphatic carbocycles. The zero-order valence-corrected chi connectivity index (χ0v) is 10.6. The number of ether oxygens (including phenoxy) is 1. The summed E-state index contributed by atoms with van der Waals surface area (Å²) in [6, 6.07) is 4.31. The lowest BCUT2D eigenvalue weighted by atomic mass is 10.1. The van der Waals surface area contributed by atoms with Gasteiger partial charge in [-0.1, -0.05) is 0 Å². The quantitative estimate of drug-likeness (QED) is 0.826. The Balaban J connectivity index is 1.88. The molecule has 0 spiro atoms. The smallest absolute Gasteiger partial charge is 0.260 e. The lowest BCUT2D eigenvalue weighted by molar-refractivity contribution is -0.134. The zero-order chi connectivity index (χ0) is 13.0. The summed E-state index contributed by atoms with van der Waals surface area (Å²) < 4.78 is 18.4. The first kappa shape index (κ1) is 12.9. The molecule has 1 fully saturated rings. The maximum absolute atomic E-state index is 12.9. The molecule has 0 aromatic heterocycles. The van der Waals surface area contributed by atoms with Gasteiger partial charge in [0.15, 0.2) is 6.61 Å². The van der Waals surface area contributed by atoms with Gasteiger partial charge in [0.2, 0.25) is 0 Å². The van der Waals surface area contributed by atoms with Gasteiger partial charge < -0.3 is 9.64 Å². The lowest BCUT2D eigenvalue weighted by Crippen LogP contribution is -2.38. The lowest BCUT2D eigenvalue weighted by Gasteiger charge is -2.26. The Kier molecular flexibility index (Phi) is 4.18. The molecular formula is C14H18FNO2. The van der Waals surface area contributed by atoms with Gasteiger partial charge in [-0.2, -0.15) is 0 Å². The number of benzene rings is 1. The van der Waals surface area contributed by atoms with Crippen LogP contribution >= 0.6 is 0 Å². The Labute approximate surface area is 107 Å². The van der Waals surface area contributed by atoms with Crippen LogP contribution in [0.15, 0.2) is 18.2 Å². The van der Waals surface area contributed by atoms with Crippen LogP contribution in [0.4, 0.5) is 4.39 Å². The molecule has 4 heteroatoms. The molecular weight excluding hydrogens is 233 g/mol. The van der Waals surface area contributed by atoms with Gasteiger partial charge in [-0.3, -0.25) is 4.79 Å². The molecule has 1 amide bonds. The molecule has 0 N–H and O–H groups in total. The summed E-state index contributed by atoms with van der Waals surface area (Å²) in [7, 11) is 0. The van der Waals surface area contributed by atoms with Gasteiger partial charge in [-0.05, 0) is 49.9 Å². The Morgan fingerprint density at radius 1 is 1.33 bits per heavy atom. The fourth-order valence-corrected chi connectivity index (χ4v) is 2.15. The third-order valence-electron chi connectivity index (χ3n) is 3.20.